The van der Waals surface area contributed by atoms with E-state index in [1.165, 1.54) is 11.1 Å². The Bertz CT molecular complexity index is 795. The van der Waals surface area contributed by atoms with Gasteiger partial charge in [-0.1, -0.05) is 17.7 Å². The molecule has 0 aliphatic heterocycles. The molecule has 1 aliphatic carbocycles. The maximum absolute atomic E-state index is 12.7. The second-order valence-electron chi connectivity index (χ2n) is 7.37. The number of aryl methyl sites for hydroxylation is 2. The van der Waals surface area contributed by atoms with Gasteiger partial charge in [0.05, 0.1) is 5.69 Å². The molecule has 3 N–H and O–H groups in total. The number of nitrogens with one attached hydrogen (secondary N) is 1. The Kier molecular flexibility index (Phi) is 5.59. The minimum Gasteiger partial charge on any atom is -0.344 e. The third-order valence-electron chi connectivity index (χ3n) is 4.69. The van der Waals surface area contributed by atoms with Gasteiger partial charge in [-0.3, -0.25) is 4.79 Å². The summed E-state index contributed by atoms with van der Waals surface area (Å²) in [5.74, 6) is -0.132. The summed E-state index contributed by atoms with van der Waals surface area (Å²) in [4.78, 5) is 12.7. The zero-order chi connectivity index (χ0) is 17.5. The van der Waals surface area contributed by atoms with Crippen LogP contribution in [0.5, 0.6) is 0 Å². The molecule has 0 atom stereocenters. The highest BCUT2D eigenvalue weighted by molar-refractivity contribution is 5.94. The topological polar surface area (TPSA) is 72.9 Å². The molecular formula is C19H27ClN4O. The Morgan fingerprint density at radius 2 is 2.04 bits per heavy atom. The molecule has 3 rings (SSSR count). The molecule has 0 radical (unpaired) electrons. The number of hydrogen-bond acceptors (Lipinski definition) is 3. The first-order chi connectivity index (χ1) is 11.3. The van der Waals surface area contributed by atoms with Gasteiger partial charge in [0, 0.05) is 23.3 Å². The summed E-state index contributed by atoms with van der Waals surface area (Å²) in [5.41, 5.74) is 11.5. The molecule has 1 aliphatic rings. The lowest BCUT2D eigenvalue weighted by molar-refractivity contribution is 0.0909. The molecule has 1 aromatic carbocycles. The standard InChI is InChI=1S/C19H26N4O.ClH/c1-12-8-9-15(13(2)10-12)23-16-7-5-6-14(16)17(22-23)18(24)21-19(3,4)11-20;/h8-10H,5-7,11,20H2,1-4H3,(H,21,24);1H. The van der Waals surface area contributed by atoms with Crippen LogP contribution in [0, 0.1) is 13.8 Å². The summed E-state index contributed by atoms with van der Waals surface area (Å²) in [6.07, 6.45) is 2.94. The number of carbonyl (C=O) groups excluding carboxylic acids is 1. The molecule has 5 nitrogen and oxygen atoms in total. The van der Waals surface area contributed by atoms with Crippen molar-refractivity contribution in [3.05, 3.63) is 46.3 Å². The predicted molar refractivity (Wildman–Crippen MR) is 103 cm³/mol. The smallest absolute Gasteiger partial charge is 0.272 e. The van der Waals surface area contributed by atoms with Gasteiger partial charge in [0.2, 0.25) is 0 Å². The summed E-state index contributed by atoms with van der Waals surface area (Å²) in [7, 11) is 0. The quantitative estimate of drug-likeness (QED) is 0.878. The average Bonchev–Trinajstić information content (AvgIpc) is 3.09. The number of amides is 1. The Morgan fingerprint density at radius 3 is 2.68 bits per heavy atom. The fraction of sp³-hybridized carbons (Fsp3) is 0.474. The van der Waals surface area contributed by atoms with Gasteiger partial charge >= 0.3 is 0 Å². The lowest BCUT2D eigenvalue weighted by atomic mass is 10.1. The first kappa shape index (κ1) is 19.5. The van der Waals surface area contributed by atoms with Gasteiger partial charge in [-0.2, -0.15) is 5.10 Å². The van der Waals surface area contributed by atoms with E-state index in [2.05, 4.69) is 42.5 Å². The van der Waals surface area contributed by atoms with Crippen molar-refractivity contribution in [2.75, 3.05) is 6.54 Å². The number of rotatable bonds is 4. The zero-order valence-electron chi connectivity index (χ0n) is 15.3. The van der Waals surface area contributed by atoms with E-state index in [9.17, 15) is 4.79 Å². The normalized spacial score (nSPS) is 13.3. The number of nitrogens with two attached hydrogens (primary N) is 1. The fourth-order valence-corrected chi connectivity index (χ4v) is 3.28. The molecule has 2 aromatic rings. The number of hydrogen-bond donors (Lipinski definition) is 2. The van der Waals surface area contributed by atoms with Crippen LogP contribution in [0.4, 0.5) is 0 Å². The van der Waals surface area contributed by atoms with Gasteiger partial charge < -0.3 is 11.1 Å². The van der Waals surface area contributed by atoms with Crippen LogP contribution < -0.4 is 11.1 Å². The Morgan fingerprint density at radius 1 is 1.32 bits per heavy atom. The first-order valence-electron chi connectivity index (χ1n) is 8.53. The van der Waals surface area contributed by atoms with Gasteiger partial charge in [0.1, 0.15) is 0 Å². The van der Waals surface area contributed by atoms with Crippen molar-refractivity contribution in [3.8, 4) is 5.69 Å². The minimum absolute atomic E-state index is 0. The monoisotopic (exact) mass is 362 g/mol. The highest BCUT2D eigenvalue weighted by Gasteiger charge is 2.29. The first-order valence-corrected chi connectivity index (χ1v) is 8.53. The summed E-state index contributed by atoms with van der Waals surface area (Å²) >= 11 is 0. The molecule has 0 unspecified atom stereocenters. The minimum atomic E-state index is -0.438. The third-order valence-corrected chi connectivity index (χ3v) is 4.69. The van der Waals surface area contributed by atoms with Crippen LogP contribution >= 0.6 is 12.4 Å². The second-order valence-corrected chi connectivity index (χ2v) is 7.37. The molecule has 1 heterocycles. The predicted octanol–water partition coefficient (Wildman–Crippen LogP) is 2.87. The van der Waals surface area contributed by atoms with Crippen LogP contribution in [-0.4, -0.2) is 27.8 Å². The van der Waals surface area contributed by atoms with Gasteiger partial charge in [-0.25, -0.2) is 4.68 Å². The van der Waals surface area contributed by atoms with Crippen molar-refractivity contribution in [2.24, 2.45) is 5.73 Å². The lowest BCUT2D eigenvalue weighted by Crippen LogP contribution is -2.49. The number of benzene rings is 1. The average molecular weight is 363 g/mol. The highest BCUT2D eigenvalue weighted by Crippen LogP contribution is 2.29. The summed E-state index contributed by atoms with van der Waals surface area (Å²) in [5, 5.41) is 7.68. The van der Waals surface area contributed by atoms with Gasteiger partial charge in [0.25, 0.3) is 5.91 Å². The molecule has 0 fully saturated rings. The molecule has 25 heavy (non-hydrogen) atoms. The van der Waals surface area contributed by atoms with E-state index in [-0.39, 0.29) is 18.3 Å². The van der Waals surface area contributed by atoms with Crippen molar-refractivity contribution in [1.82, 2.24) is 15.1 Å². The zero-order valence-corrected chi connectivity index (χ0v) is 16.2. The maximum atomic E-state index is 12.7. The van der Waals surface area contributed by atoms with Gasteiger partial charge in [-0.05, 0) is 58.6 Å². The molecule has 6 heteroatoms. The van der Waals surface area contributed by atoms with E-state index in [4.69, 9.17) is 5.73 Å². The van der Waals surface area contributed by atoms with Crippen molar-refractivity contribution in [1.29, 1.82) is 0 Å². The Hall–Kier alpha value is -1.85. The lowest BCUT2D eigenvalue weighted by Gasteiger charge is -2.23. The summed E-state index contributed by atoms with van der Waals surface area (Å²) in [6.45, 7) is 8.40. The second kappa shape index (κ2) is 7.18. The van der Waals surface area contributed by atoms with Crippen molar-refractivity contribution in [3.63, 3.8) is 0 Å². The van der Waals surface area contributed by atoms with Gasteiger partial charge in [-0.15, -0.1) is 12.4 Å². The van der Waals surface area contributed by atoms with Crippen LogP contribution in [0.25, 0.3) is 5.69 Å². The largest absolute Gasteiger partial charge is 0.344 e. The number of nitrogens with zero attached hydrogens (tertiary/aromatic N) is 2. The van der Waals surface area contributed by atoms with Crippen molar-refractivity contribution in [2.45, 2.75) is 52.5 Å². The molecular weight excluding hydrogens is 336 g/mol. The fourth-order valence-electron chi connectivity index (χ4n) is 3.28. The Labute approximate surface area is 155 Å². The number of halogens is 1. The molecule has 0 saturated carbocycles. The number of carbonyl (C=O) groups is 1. The molecule has 0 bridgehead atoms. The number of aromatic nitrogens is 2. The van der Waals surface area contributed by atoms with Crippen LogP contribution in [-0.2, 0) is 12.8 Å². The van der Waals surface area contributed by atoms with Crippen molar-refractivity contribution < 1.29 is 4.79 Å². The molecule has 136 valence electrons. The Balaban J connectivity index is 0.00000225. The number of fused-ring (bicyclic) bond motifs is 1. The van der Waals surface area contributed by atoms with Crippen LogP contribution in [0.2, 0.25) is 0 Å². The van der Waals surface area contributed by atoms with E-state index in [0.29, 0.717) is 12.2 Å². The molecule has 1 amide bonds. The van der Waals surface area contributed by atoms with Crippen molar-refractivity contribution >= 4 is 18.3 Å². The molecule has 1 aromatic heterocycles. The maximum Gasteiger partial charge on any atom is 0.272 e. The van der Waals surface area contributed by atoms with E-state index in [0.717, 1.165) is 36.2 Å². The highest BCUT2D eigenvalue weighted by atomic mass is 35.5. The van der Waals surface area contributed by atoms with E-state index in [1.807, 2.05) is 18.5 Å². The van der Waals surface area contributed by atoms with E-state index < -0.39 is 5.54 Å². The third kappa shape index (κ3) is 3.72. The summed E-state index contributed by atoms with van der Waals surface area (Å²) in [6, 6.07) is 6.32. The van der Waals surface area contributed by atoms with E-state index in [1.54, 1.807) is 0 Å². The van der Waals surface area contributed by atoms with Crippen LogP contribution in [0.3, 0.4) is 0 Å². The molecule has 0 saturated heterocycles. The summed E-state index contributed by atoms with van der Waals surface area (Å²) < 4.78 is 1.96. The van der Waals surface area contributed by atoms with E-state index >= 15 is 0 Å². The van der Waals surface area contributed by atoms with Crippen LogP contribution in [0.1, 0.15) is 53.1 Å². The van der Waals surface area contributed by atoms with Crippen LogP contribution in [0.15, 0.2) is 18.2 Å². The molecule has 0 spiro atoms. The SMILES string of the molecule is Cc1ccc(-n2nc(C(=O)NC(C)(C)CN)c3c2CCC3)c(C)c1.Cl. The van der Waals surface area contributed by atoms with Gasteiger partial charge in [0.15, 0.2) is 5.69 Å².